The molecule has 0 spiro atoms. The van der Waals surface area contributed by atoms with Gasteiger partial charge in [0, 0.05) is 51.5 Å². The molecule has 1 fully saturated rings. The maximum absolute atomic E-state index is 15.1. The number of piperazine rings is 1. The van der Waals surface area contributed by atoms with E-state index in [4.69, 9.17) is 0 Å². The zero-order valence-electron chi connectivity index (χ0n) is 14.3. The number of halogens is 1. The monoisotopic (exact) mass is 362 g/mol. The van der Waals surface area contributed by atoms with Crippen LogP contribution in [0.1, 0.15) is 15.9 Å². The molecule has 3 N–H and O–H groups in total. The summed E-state index contributed by atoms with van der Waals surface area (Å²) in [5, 5.41) is 24.5. The number of likely N-dealkylation sites (N-methyl/N-ethyl adjacent to an activating group) is 1. The van der Waals surface area contributed by atoms with Gasteiger partial charge in [-0.3, -0.25) is 9.47 Å². The van der Waals surface area contributed by atoms with Gasteiger partial charge in [-0.05, 0) is 6.42 Å². The van der Waals surface area contributed by atoms with Crippen LogP contribution in [-0.4, -0.2) is 60.6 Å². The number of phenolic OH excluding ortho intramolecular Hbond substituents is 1. The molecule has 8 nitrogen and oxygen atoms in total. The summed E-state index contributed by atoms with van der Waals surface area (Å²) in [6, 6.07) is 0. The van der Waals surface area contributed by atoms with Crippen molar-refractivity contribution in [2.75, 3.05) is 49.7 Å². The van der Waals surface area contributed by atoms with Crippen LogP contribution in [0.5, 0.6) is 5.75 Å². The topological polar surface area (TPSA) is 98.0 Å². The molecule has 0 aliphatic carbocycles. The summed E-state index contributed by atoms with van der Waals surface area (Å²) in [7, 11) is 1.75. The Hall–Kier alpha value is -2.81. The molecule has 2 aliphatic rings. The molecule has 0 unspecified atom stereocenters. The third-order valence-corrected chi connectivity index (χ3v) is 5.13. The number of pyridine rings is 1. The van der Waals surface area contributed by atoms with Gasteiger partial charge in [0.15, 0.2) is 11.6 Å². The number of carbonyl (C=O) groups is 1. The minimum atomic E-state index is -1.41. The Morgan fingerprint density at radius 1 is 1.27 bits per heavy atom. The number of carboxylic acid groups (broad SMARTS) is 1. The van der Waals surface area contributed by atoms with Crippen molar-refractivity contribution in [3.8, 4) is 5.75 Å². The molecular formula is C17H19FN4O4. The number of anilines is 1. The lowest BCUT2D eigenvalue weighted by atomic mass is 9.98. The molecule has 0 atom stereocenters. The molecule has 9 heteroatoms. The third-order valence-electron chi connectivity index (χ3n) is 5.13. The highest BCUT2D eigenvalue weighted by atomic mass is 19.1. The Morgan fingerprint density at radius 2 is 1.96 bits per heavy atom. The van der Waals surface area contributed by atoms with Crippen LogP contribution in [-0.2, 0) is 6.42 Å². The Bertz CT molecular complexity index is 981. The normalized spacial score (nSPS) is 17.0. The summed E-state index contributed by atoms with van der Waals surface area (Å²) in [4.78, 5) is 25.9. The Morgan fingerprint density at radius 3 is 2.62 bits per heavy atom. The van der Waals surface area contributed by atoms with Crippen LogP contribution in [0.3, 0.4) is 0 Å². The second kappa shape index (κ2) is 5.87. The SMILES string of the molecule is CN1CCc2c(N3CCNCC3)c(F)c(O)c3c(=O)c(C(=O)O)cn1c23. The van der Waals surface area contributed by atoms with E-state index < -0.39 is 28.5 Å². The Balaban J connectivity index is 2.13. The maximum Gasteiger partial charge on any atom is 0.341 e. The molecule has 4 rings (SSSR count). The fraction of sp³-hybridized carbons (Fsp3) is 0.412. The number of carboxylic acids is 1. The number of hydrogen-bond donors (Lipinski definition) is 3. The number of nitrogens with one attached hydrogen (secondary N) is 1. The molecule has 138 valence electrons. The lowest BCUT2D eigenvalue weighted by molar-refractivity contribution is 0.0695. The fourth-order valence-corrected chi connectivity index (χ4v) is 3.84. The first-order valence-electron chi connectivity index (χ1n) is 8.45. The van der Waals surface area contributed by atoms with Crippen LogP contribution in [0.2, 0.25) is 0 Å². The summed E-state index contributed by atoms with van der Waals surface area (Å²) >= 11 is 0. The van der Waals surface area contributed by atoms with Crippen LogP contribution in [0.25, 0.3) is 10.9 Å². The van der Waals surface area contributed by atoms with Crippen molar-refractivity contribution in [3.05, 3.63) is 33.4 Å². The number of aromatic hydroxyl groups is 1. The highest BCUT2D eigenvalue weighted by Crippen LogP contribution is 2.40. The summed E-state index contributed by atoms with van der Waals surface area (Å²) in [5.41, 5.74) is -0.0586. The molecule has 0 radical (unpaired) electrons. The van der Waals surface area contributed by atoms with Gasteiger partial charge < -0.3 is 25.4 Å². The van der Waals surface area contributed by atoms with E-state index in [0.717, 1.165) is 0 Å². The van der Waals surface area contributed by atoms with E-state index in [2.05, 4.69) is 5.32 Å². The first-order chi connectivity index (χ1) is 12.4. The van der Waals surface area contributed by atoms with Gasteiger partial charge in [-0.2, -0.15) is 0 Å². The number of aromatic nitrogens is 1. The molecular weight excluding hydrogens is 343 g/mol. The van der Waals surface area contributed by atoms with Gasteiger partial charge >= 0.3 is 5.97 Å². The van der Waals surface area contributed by atoms with Crippen molar-refractivity contribution in [2.24, 2.45) is 0 Å². The van der Waals surface area contributed by atoms with E-state index in [1.165, 1.54) is 10.9 Å². The average molecular weight is 362 g/mol. The van der Waals surface area contributed by atoms with Crippen LogP contribution < -0.4 is 20.7 Å². The van der Waals surface area contributed by atoms with Crippen LogP contribution in [0.15, 0.2) is 11.0 Å². The largest absolute Gasteiger partial charge is 0.504 e. The minimum Gasteiger partial charge on any atom is -0.504 e. The maximum atomic E-state index is 15.1. The van der Waals surface area contributed by atoms with Gasteiger partial charge in [-0.15, -0.1) is 0 Å². The highest BCUT2D eigenvalue weighted by molar-refractivity contribution is 5.98. The Kier molecular flexibility index (Phi) is 3.76. The number of aromatic carboxylic acids is 1. The zero-order chi connectivity index (χ0) is 18.6. The minimum absolute atomic E-state index is 0.275. The van der Waals surface area contributed by atoms with E-state index in [-0.39, 0.29) is 5.39 Å². The number of benzene rings is 1. The van der Waals surface area contributed by atoms with Crippen LogP contribution >= 0.6 is 0 Å². The molecule has 0 amide bonds. The van der Waals surface area contributed by atoms with E-state index in [9.17, 15) is 19.8 Å². The van der Waals surface area contributed by atoms with Gasteiger partial charge in [0.05, 0.1) is 16.6 Å². The van der Waals surface area contributed by atoms with E-state index >= 15 is 4.39 Å². The molecule has 2 aliphatic heterocycles. The van der Waals surface area contributed by atoms with E-state index in [1.807, 2.05) is 4.90 Å². The zero-order valence-corrected chi connectivity index (χ0v) is 14.3. The van der Waals surface area contributed by atoms with Gasteiger partial charge in [0.1, 0.15) is 5.56 Å². The van der Waals surface area contributed by atoms with Crippen molar-refractivity contribution in [1.29, 1.82) is 0 Å². The third kappa shape index (κ3) is 2.23. The molecule has 1 aromatic carbocycles. The summed E-state index contributed by atoms with van der Waals surface area (Å²) in [5.74, 6) is -3.05. The molecule has 0 bridgehead atoms. The van der Waals surface area contributed by atoms with Gasteiger partial charge in [0.25, 0.3) is 0 Å². The quantitative estimate of drug-likeness (QED) is 0.696. The second-order valence-corrected chi connectivity index (χ2v) is 6.60. The predicted molar refractivity (Wildman–Crippen MR) is 94.6 cm³/mol. The molecule has 1 saturated heterocycles. The standard InChI is InChI=1S/C17H19FN4O4/c1-20-5-2-9-13-11(15(23)10(17(25)26)8-22(13)20)16(24)12(18)14(9)21-6-3-19-4-7-21/h8,19,24H,2-7H2,1H3,(H,25,26). The number of rotatable bonds is 2. The Labute approximate surface area is 148 Å². The van der Waals surface area contributed by atoms with Crippen molar-refractivity contribution < 1.29 is 19.4 Å². The fourth-order valence-electron chi connectivity index (χ4n) is 3.84. The summed E-state index contributed by atoms with van der Waals surface area (Å²) in [6.07, 6.45) is 1.74. The second-order valence-electron chi connectivity index (χ2n) is 6.60. The molecule has 2 aromatic rings. The number of phenols is 1. The highest BCUT2D eigenvalue weighted by Gasteiger charge is 2.31. The molecule has 26 heavy (non-hydrogen) atoms. The van der Waals surface area contributed by atoms with Crippen molar-refractivity contribution in [3.63, 3.8) is 0 Å². The molecule has 3 heterocycles. The average Bonchev–Trinajstić information content (AvgIpc) is 2.62. The number of hydrogen-bond acceptors (Lipinski definition) is 6. The smallest absolute Gasteiger partial charge is 0.341 e. The number of nitrogens with zero attached hydrogens (tertiary/aromatic N) is 3. The predicted octanol–water partition coefficient (Wildman–Crippen LogP) is 0.0779. The van der Waals surface area contributed by atoms with Gasteiger partial charge in [-0.25, -0.2) is 9.18 Å². The van der Waals surface area contributed by atoms with E-state index in [1.54, 1.807) is 12.1 Å². The van der Waals surface area contributed by atoms with Crippen molar-refractivity contribution >= 4 is 22.6 Å². The molecule has 0 saturated carbocycles. The summed E-state index contributed by atoms with van der Waals surface area (Å²) < 4.78 is 16.6. The molecule has 1 aromatic heterocycles. The van der Waals surface area contributed by atoms with E-state index in [0.29, 0.717) is 55.9 Å². The lowest BCUT2D eigenvalue weighted by Gasteiger charge is -2.36. The van der Waals surface area contributed by atoms with Gasteiger partial charge in [0.2, 0.25) is 5.43 Å². The van der Waals surface area contributed by atoms with Crippen LogP contribution in [0, 0.1) is 5.82 Å². The van der Waals surface area contributed by atoms with Gasteiger partial charge in [-0.1, -0.05) is 0 Å². The van der Waals surface area contributed by atoms with Crippen molar-refractivity contribution in [1.82, 2.24) is 9.99 Å². The van der Waals surface area contributed by atoms with Crippen molar-refractivity contribution in [2.45, 2.75) is 6.42 Å². The van der Waals surface area contributed by atoms with Crippen LogP contribution in [0.4, 0.5) is 10.1 Å². The summed E-state index contributed by atoms with van der Waals surface area (Å²) in [6.45, 7) is 3.10. The first-order valence-corrected chi connectivity index (χ1v) is 8.45. The first kappa shape index (κ1) is 16.6. The lowest BCUT2D eigenvalue weighted by Crippen LogP contribution is -2.45.